The quantitative estimate of drug-likeness (QED) is 0.679. The molecule has 2 saturated heterocycles. The summed E-state index contributed by atoms with van der Waals surface area (Å²) in [6.07, 6.45) is 2.07. The fraction of sp³-hybridized carbons (Fsp3) is 0.900. The highest BCUT2D eigenvalue weighted by molar-refractivity contribution is 5.79. The molecule has 4 unspecified atom stereocenters. The van der Waals surface area contributed by atoms with Crippen molar-refractivity contribution in [2.24, 2.45) is 17.6 Å². The SMILES string of the molecule is CCC(C)C(=O)N1CC2CC1C2N. The Bertz CT molecular complexity index is 229. The summed E-state index contributed by atoms with van der Waals surface area (Å²) in [6.45, 7) is 4.97. The van der Waals surface area contributed by atoms with Crippen molar-refractivity contribution in [2.45, 2.75) is 38.8 Å². The molecule has 0 aromatic heterocycles. The van der Waals surface area contributed by atoms with Gasteiger partial charge >= 0.3 is 0 Å². The number of carbonyl (C=O) groups excluding carboxylic acids is 1. The molecule has 0 aromatic rings. The van der Waals surface area contributed by atoms with Crippen molar-refractivity contribution in [3.05, 3.63) is 0 Å². The van der Waals surface area contributed by atoms with Gasteiger partial charge in [0.25, 0.3) is 0 Å². The van der Waals surface area contributed by atoms with E-state index in [1.54, 1.807) is 0 Å². The van der Waals surface area contributed by atoms with Crippen LogP contribution in [0.3, 0.4) is 0 Å². The lowest BCUT2D eigenvalue weighted by Gasteiger charge is -2.33. The van der Waals surface area contributed by atoms with Gasteiger partial charge in [0.2, 0.25) is 5.91 Å². The van der Waals surface area contributed by atoms with Crippen LogP contribution in [0.4, 0.5) is 0 Å². The molecule has 4 atom stereocenters. The Morgan fingerprint density at radius 1 is 1.69 bits per heavy atom. The van der Waals surface area contributed by atoms with Gasteiger partial charge in [-0.15, -0.1) is 0 Å². The summed E-state index contributed by atoms with van der Waals surface area (Å²) >= 11 is 0. The monoisotopic (exact) mass is 182 g/mol. The Hall–Kier alpha value is -0.570. The Balaban J connectivity index is 1.99. The van der Waals surface area contributed by atoms with Gasteiger partial charge in [0, 0.05) is 24.5 Å². The van der Waals surface area contributed by atoms with Crippen LogP contribution in [0.25, 0.3) is 0 Å². The van der Waals surface area contributed by atoms with Gasteiger partial charge in [-0.25, -0.2) is 0 Å². The van der Waals surface area contributed by atoms with Crippen molar-refractivity contribution in [1.29, 1.82) is 0 Å². The van der Waals surface area contributed by atoms with Crippen molar-refractivity contribution in [1.82, 2.24) is 4.90 Å². The number of nitrogens with zero attached hydrogens (tertiary/aromatic N) is 1. The van der Waals surface area contributed by atoms with Crippen LogP contribution in [0.1, 0.15) is 26.7 Å². The first-order valence-electron chi connectivity index (χ1n) is 5.21. The highest BCUT2D eigenvalue weighted by Gasteiger charge is 2.51. The number of rotatable bonds is 2. The molecular weight excluding hydrogens is 164 g/mol. The minimum absolute atomic E-state index is 0.173. The van der Waals surface area contributed by atoms with Crippen molar-refractivity contribution in [3.63, 3.8) is 0 Å². The lowest BCUT2D eigenvalue weighted by atomic mass is 9.81. The molecule has 1 saturated carbocycles. The molecule has 0 aromatic carbocycles. The van der Waals surface area contributed by atoms with E-state index in [2.05, 4.69) is 6.92 Å². The zero-order valence-corrected chi connectivity index (χ0v) is 8.36. The van der Waals surface area contributed by atoms with E-state index in [0.717, 1.165) is 19.4 Å². The van der Waals surface area contributed by atoms with Crippen LogP contribution >= 0.6 is 0 Å². The zero-order chi connectivity index (χ0) is 9.59. The topological polar surface area (TPSA) is 46.3 Å². The number of carbonyl (C=O) groups is 1. The number of nitrogens with two attached hydrogens (primary N) is 1. The highest BCUT2D eigenvalue weighted by Crippen LogP contribution is 2.40. The summed E-state index contributed by atoms with van der Waals surface area (Å²) in [5.74, 6) is 1.08. The fourth-order valence-electron chi connectivity index (χ4n) is 2.37. The lowest BCUT2D eigenvalue weighted by Crippen LogP contribution is -2.51. The maximum Gasteiger partial charge on any atom is 0.225 e. The van der Waals surface area contributed by atoms with Gasteiger partial charge in [-0.1, -0.05) is 13.8 Å². The summed E-state index contributed by atoms with van der Waals surface area (Å²) < 4.78 is 0. The average Bonchev–Trinajstić information content (AvgIpc) is 2.71. The van der Waals surface area contributed by atoms with Crippen LogP contribution in [0.15, 0.2) is 0 Å². The standard InChI is InChI=1S/C10H18N2O/c1-3-6(2)10(13)12-5-7-4-8(12)9(7)11/h6-9H,3-5,11H2,1-2H3. The van der Waals surface area contributed by atoms with E-state index < -0.39 is 0 Å². The smallest absolute Gasteiger partial charge is 0.225 e. The van der Waals surface area contributed by atoms with E-state index >= 15 is 0 Å². The molecule has 3 rings (SSSR count). The maximum atomic E-state index is 11.8. The lowest BCUT2D eigenvalue weighted by molar-refractivity contribution is -0.135. The molecule has 0 radical (unpaired) electrons. The number of hydrogen-bond donors (Lipinski definition) is 1. The second-order valence-corrected chi connectivity index (χ2v) is 4.44. The normalized spacial score (nSPS) is 38.7. The van der Waals surface area contributed by atoms with Gasteiger partial charge < -0.3 is 10.6 Å². The maximum absolute atomic E-state index is 11.8. The highest BCUT2D eigenvalue weighted by atomic mass is 16.2. The molecular formula is C10H18N2O. The van der Waals surface area contributed by atoms with Crippen molar-refractivity contribution >= 4 is 5.91 Å². The third-order valence-corrected chi connectivity index (χ3v) is 3.68. The summed E-state index contributed by atoms with van der Waals surface area (Å²) in [6, 6.07) is 0.638. The Morgan fingerprint density at radius 3 is 2.77 bits per heavy atom. The molecule has 3 fully saturated rings. The molecule has 3 nitrogen and oxygen atoms in total. The average molecular weight is 182 g/mol. The molecule has 13 heavy (non-hydrogen) atoms. The Labute approximate surface area is 79.3 Å². The van der Waals surface area contributed by atoms with Gasteiger partial charge in [-0.05, 0) is 18.8 Å². The summed E-state index contributed by atoms with van der Waals surface area (Å²) in [5, 5.41) is 0. The Kier molecular flexibility index (Phi) is 2.06. The molecule has 2 heterocycles. The van der Waals surface area contributed by atoms with Crippen molar-refractivity contribution in [3.8, 4) is 0 Å². The number of hydrogen-bond acceptors (Lipinski definition) is 2. The number of amides is 1. The van der Waals surface area contributed by atoms with E-state index in [1.807, 2.05) is 11.8 Å². The van der Waals surface area contributed by atoms with Crippen LogP contribution < -0.4 is 5.73 Å². The summed E-state index contributed by atoms with van der Waals surface area (Å²) in [5.41, 5.74) is 5.90. The molecule has 1 amide bonds. The molecule has 74 valence electrons. The zero-order valence-electron chi connectivity index (χ0n) is 8.36. The van der Waals surface area contributed by atoms with Gasteiger partial charge in [0.1, 0.15) is 0 Å². The van der Waals surface area contributed by atoms with Gasteiger partial charge in [-0.3, -0.25) is 4.79 Å². The van der Waals surface area contributed by atoms with Crippen LogP contribution in [0.2, 0.25) is 0 Å². The molecule has 3 heteroatoms. The second-order valence-electron chi connectivity index (χ2n) is 4.44. The molecule has 2 N–H and O–H groups in total. The first-order chi connectivity index (χ1) is 6.15. The van der Waals surface area contributed by atoms with Gasteiger partial charge in [0.05, 0.1) is 0 Å². The molecule has 0 spiro atoms. The molecule has 1 aliphatic carbocycles. The second kappa shape index (κ2) is 2.98. The van der Waals surface area contributed by atoms with Gasteiger partial charge in [0.15, 0.2) is 0 Å². The fourth-order valence-corrected chi connectivity index (χ4v) is 2.37. The summed E-state index contributed by atoms with van der Waals surface area (Å²) in [7, 11) is 0. The predicted octanol–water partition coefficient (Wildman–Crippen LogP) is 0.591. The van der Waals surface area contributed by atoms with E-state index in [4.69, 9.17) is 5.73 Å². The van der Waals surface area contributed by atoms with Gasteiger partial charge in [-0.2, -0.15) is 0 Å². The molecule has 3 aliphatic rings. The first kappa shape index (κ1) is 9.00. The summed E-state index contributed by atoms with van der Waals surface area (Å²) in [4.78, 5) is 13.8. The van der Waals surface area contributed by atoms with Crippen molar-refractivity contribution < 1.29 is 4.79 Å². The third kappa shape index (κ3) is 1.17. The molecule has 2 aliphatic heterocycles. The van der Waals surface area contributed by atoms with Crippen LogP contribution in [-0.2, 0) is 4.79 Å². The first-order valence-corrected chi connectivity index (χ1v) is 5.21. The third-order valence-electron chi connectivity index (χ3n) is 3.68. The van der Waals surface area contributed by atoms with Crippen molar-refractivity contribution in [2.75, 3.05) is 6.54 Å². The Morgan fingerprint density at radius 2 is 2.38 bits per heavy atom. The largest absolute Gasteiger partial charge is 0.338 e. The van der Waals surface area contributed by atoms with E-state index in [9.17, 15) is 4.79 Å². The van der Waals surface area contributed by atoms with Crippen LogP contribution in [0.5, 0.6) is 0 Å². The minimum atomic E-state index is 0.173. The van der Waals surface area contributed by atoms with E-state index in [-0.39, 0.29) is 12.0 Å². The molecule has 2 bridgehead atoms. The van der Waals surface area contributed by atoms with E-state index in [0.29, 0.717) is 17.9 Å². The van der Waals surface area contributed by atoms with Crippen LogP contribution in [-0.4, -0.2) is 29.4 Å². The van der Waals surface area contributed by atoms with Crippen LogP contribution in [0, 0.1) is 11.8 Å². The van der Waals surface area contributed by atoms with E-state index in [1.165, 1.54) is 0 Å². The number of fused-ring (bicyclic) bond motifs is 1. The predicted molar refractivity (Wildman–Crippen MR) is 51.0 cm³/mol. The minimum Gasteiger partial charge on any atom is -0.338 e.